The Bertz CT molecular complexity index is 688. The molecule has 1 N–H and O–H groups in total. The number of fused-ring (bicyclic) bond motifs is 1. The lowest BCUT2D eigenvalue weighted by atomic mass is 10.2. The van der Waals surface area contributed by atoms with Gasteiger partial charge in [-0.1, -0.05) is 12.1 Å². The van der Waals surface area contributed by atoms with Crippen LogP contribution in [0.5, 0.6) is 5.75 Å². The van der Waals surface area contributed by atoms with Crippen molar-refractivity contribution in [3.63, 3.8) is 0 Å². The predicted molar refractivity (Wildman–Crippen MR) is 79.6 cm³/mol. The van der Waals surface area contributed by atoms with Crippen molar-refractivity contribution >= 4 is 17.3 Å². The zero-order valence-corrected chi connectivity index (χ0v) is 11.6. The molecule has 21 heavy (non-hydrogen) atoms. The van der Waals surface area contributed by atoms with Gasteiger partial charge in [0.05, 0.1) is 17.8 Å². The molecule has 1 aliphatic heterocycles. The van der Waals surface area contributed by atoms with E-state index < -0.39 is 11.7 Å². The standard InChI is InChI=1S/C16H15FN2O2/c1-19-8-9-21-15-7-6-11(10-14(15)19)18-16(20)12-4-2-3-5-13(12)17/h2-7,10H,8-9H2,1H3,(H,18,20). The number of amides is 1. The molecule has 1 amide bonds. The summed E-state index contributed by atoms with van der Waals surface area (Å²) in [6.07, 6.45) is 0. The van der Waals surface area contributed by atoms with Crippen LogP contribution in [-0.2, 0) is 0 Å². The number of hydrogen-bond acceptors (Lipinski definition) is 3. The van der Waals surface area contributed by atoms with Crippen LogP contribution in [0.15, 0.2) is 42.5 Å². The number of benzene rings is 2. The second-order valence-corrected chi connectivity index (χ2v) is 4.89. The number of halogens is 1. The topological polar surface area (TPSA) is 41.6 Å². The largest absolute Gasteiger partial charge is 0.490 e. The third-order valence-electron chi connectivity index (χ3n) is 3.43. The summed E-state index contributed by atoms with van der Waals surface area (Å²) in [5.41, 5.74) is 1.55. The average Bonchev–Trinajstić information content (AvgIpc) is 2.48. The van der Waals surface area contributed by atoms with E-state index in [9.17, 15) is 9.18 Å². The SMILES string of the molecule is CN1CCOc2ccc(NC(=O)c3ccccc3F)cc21. The first-order chi connectivity index (χ1) is 10.1. The summed E-state index contributed by atoms with van der Waals surface area (Å²) in [4.78, 5) is 14.1. The van der Waals surface area contributed by atoms with Crippen molar-refractivity contribution in [2.45, 2.75) is 0 Å². The van der Waals surface area contributed by atoms with E-state index in [1.165, 1.54) is 12.1 Å². The van der Waals surface area contributed by atoms with Crippen molar-refractivity contribution in [2.75, 3.05) is 30.4 Å². The molecule has 1 aliphatic rings. The van der Waals surface area contributed by atoms with Crippen molar-refractivity contribution in [3.8, 4) is 5.75 Å². The number of carbonyl (C=O) groups is 1. The maximum Gasteiger partial charge on any atom is 0.258 e. The van der Waals surface area contributed by atoms with Gasteiger partial charge in [-0.2, -0.15) is 0 Å². The van der Waals surface area contributed by atoms with Gasteiger partial charge in [-0.05, 0) is 30.3 Å². The first-order valence-electron chi connectivity index (χ1n) is 6.69. The summed E-state index contributed by atoms with van der Waals surface area (Å²) >= 11 is 0. The molecule has 0 aromatic heterocycles. The van der Waals surface area contributed by atoms with Gasteiger partial charge in [0.25, 0.3) is 5.91 Å². The summed E-state index contributed by atoms with van der Waals surface area (Å²) < 4.78 is 19.1. The highest BCUT2D eigenvalue weighted by Gasteiger charge is 2.16. The van der Waals surface area contributed by atoms with Crippen LogP contribution in [0.2, 0.25) is 0 Å². The molecular weight excluding hydrogens is 271 g/mol. The monoisotopic (exact) mass is 286 g/mol. The lowest BCUT2D eigenvalue weighted by molar-refractivity contribution is 0.102. The molecule has 108 valence electrons. The molecular formula is C16H15FN2O2. The van der Waals surface area contributed by atoms with Gasteiger partial charge in [0.1, 0.15) is 18.2 Å². The Morgan fingerprint density at radius 1 is 1.29 bits per heavy atom. The van der Waals surface area contributed by atoms with Crippen LogP contribution in [0, 0.1) is 5.82 Å². The Morgan fingerprint density at radius 2 is 2.10 bits per heavy atom. The van der Waals surface area contributed by atoms with Gasteiger partial charge in [0.15, 0.2) is 0 Å². The second-order valence-electron chi connectivity index (χ2n) is 4.89. The van der Waals surface area contributed by atoms with Crippen molar-refractivity contribution in [1.29, 1.82) is 0 Å². The van der Waals surface area contributed by atoms with E-state index in [2.05, 4.69) is 10.2 Å². The van der Waals surface area contributed by atoms with Gasteiger partial charge >= 0.3 is 0 Å². The summed E-state index contributed by atoms with van der Waals surface area (Å²) in [5.74, 6) is -0.214. The Labute approximate surface area is 122 Å². The van der Waals surface area contributed by atoms with E-state index in [1.54, 1.807) is 18.2 Å². The molecule has 0 saturated carbocycles. The number of nitrogens with zero attached hydrogens (tertiary/aromatic N) is 1. The Morgan fingerprint density at radius 3 is 2.90 bits per heavy atom. The van der Waals surface area contributed by atoms with Crippen molar-refractivity contribution in [1.82, 2.24) is 0 Å². The number of nitrogens with one attached hydrogen (secondary N) is 1. The molecule has 5 heteroatoms. The first-order valence-corrected chi connectivity index (χ1v) is 6.69. The molecule has 0 spiro atoms. The van der Waals surface area contributed by atoms with Gasteiger partial charge < -0.3 is 15.0 Å². The number of anilines is 2. The van der Waals surface area contributed by atoms with E-state index in [4.69, 9.17) is 4.74 Å². The van der Waals surface area contributed by atoms with E-state index in [0.29, 0.717) is 12.3 Å². The maximum atomic E-state index is 13.6. The van der Waals surface area contributed by atoms with Crippen LogP contribution in [0.3, 0.4) is 0 Å². The fraction of sp³-hybridized carbons (Fsp3) is 0.188. The van der Waals surface area contributed by atoms with Crippen molar-refractivity contribution in [2.24, 2.45) is 0 Å². The van der Waals surface area contributed by atoms with Crippen LogP contribution in [-0.4, -0.2) is 26.1 Å². The molecule has 3 rings (SSSR count). The number of likely N-dealkylation sites (N-methyl/N-ethyl adjacent to an activating group) is 1. The lowest BCUT2D eigenvalue weighted by Crippen LogP contribution is -2.28. The quantitative estimate of drug-likeness (QED) is 0.923. The van der Waals surface area contributed by atoms with Crippen LogP contribution < -0.4 is 15.0 Å². The zero-order valence-electron chi connectivity index (χ0n) is 11.6. The van der Waals surface area contributed by atoms with Crippen molar-refractivity contribution in [3.05, 3.63) is 53.8 Å². The van der Waals surface area contributed by atoms with E-state index in [0.717, 1.165) is 18.0 Å². The normalized spacial score (nSPS) is 13.3. The second kappa shape index (κ2) is 5.44. The van der Waals surface area contributed by atoms with Crippen LogP contribution >= 0.6 is 0 Å². The van der Waals surface area contributed by atoms with E-state index >= 15 is 0 Å². The molecule has 2 aromatic rings. The fourth-order valence-corrected chi connectivity index (χ4v) is 2.27. The molecule has 2 aromatic carbocycles. The number of hydrogen-bond donors (Lipinski definition) is 1. The van der Waals surface area contributed by atoms with Crippen LogP contribution in [0.4, 0.5) is 15.8 Å². The van der Waals surface area contributed by atoms with E-state index in [1.807, 2.05) is 19.2 Å². The predicted octanol–water partition coefficient (Wildman–Crippen LogP) is 2.91. The summed E-state index contributed by atoms with van der Waals surface area (Å²) in [5, 5.41) is 2.71. The fourth-order valence-electron chi connectivity index (χ4n) is 2.27. The molecule has 1 heterocycles. The van der Waals surface area contributed by atoms with Crippen LogP contribution in [0.1, 0.15) is 10.4 Å². The Kier molecular flexibility index (Phi) is 3.48. The number of rotatable bonds is 2. The van der Waals surface area contributed by atoms with Gasteiger partial charge in [-0.15, -0.1) is 0 Å². The highest BCUT2D eigenvalue weighted by atomic mass is 19.1. The minimum absolute atomic E-state index is 0.0276. The summed E-state index contributed by atoms with van der Waals surface area (Å²) in [6.45, 7) is 1.43. The highest BCUT2D eigenvalue weighted by Crippen LogP contribution is 2.33. The lowest BCUT2D eigenvalue weighted by Gasteiger charge is -2.28. The molecule has 0 saturated heterocycles. The number of carbonyl (C=O) groups excluding carboxylic acids is 1. The Hall–Kier alpha value is -2.56. The smallest absolute Gasteiger partial charge is 0.258 e. The van der Waals surface area contributed by atoms with Gasteiger partial charge in [-0.25, -0.2) is 4.39 Å². The maximum absolute atomic E-state index is 13.6. The van der Waals surface area contributed by atoms with Gasteiger partial charge in [0.2, 0.25) is 0 Å². The average molecular weight is 286 g/mol. The molecule has 4 nitrogen and oxygen atoms in total. The third kappa shape index (κ3) is 2.67. The highest BCUT2D eigenvalue weighted by molar-refractivity contribution is 6.04. The molecule has 0 fully saturated rings. The minimum Gasteiger partial charge on any atom is -0.490 e. The van der Waals surface area contributed by atoms with Gasteiger partial charge in [0, 0.05) is 12.7 Å². The molecule has 0 unspecified atom stereocenters. The molecule has 0 radical (unpaired) electrons. The summed E-state index contributed by atoms with van der Waals surface area (Å²) in [7, 11) is 1.96. The molecule has 0 bridgehead atoms. The van der Waals surface area contributed by atoms with Gasteiger partial charge in [-0.3, -0.25) is 4.79 Å². The third-order valence-corrected chi connectivity index (χ3v) is 3.43. The first kappa shape index (κ1) is 13.4. The molecule has 0 atom stereocenters. The zero-order chi connectivity index (χ0) is 14.8. The van der Waals surface area contributed by atoms with Crippen molar-refractivity contribution < 1.29 is 13.9 Å². The summed E-state index contributed by atoms with van der Waals surface area (Å²) in [6, 6.07) is 11.3. The Balaban J connectivity index is 1.84. The van der Waals surface area contributed by atoms with Crippen LogP contribution in [0.25, 0.3) is 0 Å². The number of ether oxygens (including phenoxy) is 1. The van der Waals surface area contributed by atoms with E-state index in [-0.39, 0.29) is 5.56 Å². The molecule has 0 aliphatic carbocycles. The minimum atomic E-state index is -0.534.